The number of nitrogens with one attached hydrogen (secondary N) is 1. The second-order valence-electron chi connectivity index (χ2n) is 5.08. The lowest BCUT2D eigenvalue weighted by molar-refractivity contribution is 0.0679. The lowest BCUT2D eigenvalue weighted by Gasteiger charge is -2.22. The average Bonchev–Trinajstić information content (AvgIpc) is 3.23. The number of rotatable bonds is 3. The van der Waals surface area contributed by atoms with Crippen molar-refractivity contribution in [3.63, 3.8) is 0 Å². The van der Waals surface area contributed by atoms with Gasteiger partial charge in [0, 0.05) is 38.7 Å². The SMILES string of the molecule is CO[C@@H]1CC(c2ncc[nH]2)N(C(=O)c2cc(C#N)ccn2)C1. The minimum Gasteiger partial charge on any atom is -0.380 e. The van der Waals surface area contributed by atoms with Crippen molar-refractivity contribution in [2.75, 3.05) is 13.7 Å². The van der Waals surface area contributed by atoms with E-state index in [1.165, 1.54) is 12.3 Å². The molecule has 1 saturated heterocycles. The Bertz CT molecular complexity index is 707. The normalized spacial score (nSPS) is 20.8. The first-order chi connectivity index (χ1) is 10.7. The van der Waals surface area contributed by atoms with E-state index in [1.54, 1.807) is 30.5 Å². The molecule has 2 aromatic heterocycles. The summed E-state index contributed by atoms with van der Waals surface area (Å²) in [7, 11) is 1.63. The minimum absolute atomic E-state index is 0.0433. The van der Waals surface area contributed by atoms with Crippen LogP contribution in [0, 0.1) is 11.3 Å². The fourth-order valence-corrected chi connectivity index (χ4v) is 2.68. The molecule has 1 amide bonds. The van der Waals surface area contributed by atoms with Gasteiger partial charge in [-0.15, -0.1) is 0 Å². The van der Waals surface area contributed by atoms with E-state index in [1.807, 2.05) is 6.07 Å². The summed E-state index contributed by atoms with van der Waals surface area (Å²) in [6.45, 7) is 0.471. The van der Waals surface area contributed by atoms with Crippen molar-refractivity contribution < 1.29 is 9.53 Å². The van der Waals surface area contributed by atoms with Gasteiger partial charge in [0.05, 0.1) is 23.8 Å². The van der Waals surface area contributed by atoms with E-state index in [9.17, 15) is 4.79 Å². The third-order valence-corrected chi connectivity index (χ3v) is 3.80. The zero-order valence-electron chi connectivity index (χ0n) is 12.1. The number of methoxy groups -OCH3 is 1. The summed E-state index contributed by atoms with van der Waals surface area (Å²) < 4.78 is 5.39. The number of ether oxygens (including phenoxy) is 1. The first-order valence-electron chi connectivity index (χ1n) is 6.92. The summed E-state index contributed by atoms with van der Waals surface area (Å²) in [6.07, 6.45) is 5.49. The molecule has 0 bridgehead atoms. The molecule has 7 nitrogen and oxygen atoms in total. The number of carbonyl (C=O) groups excluding carboxylic acids is 1. The third kappa shape index (κ3) is 2.56. The quantitative estimate of drug-likeness (QED) is 0.920. The van der Waals surface area contributed by atoms with E-state index in [4.69, 9.17) is 10.00 Å². The molecule has 1 unspecified atom stereocenters. The van der Waals surface area contributed by atoms with Gasteiger partial charge in [-0.05, 0) is 12.1 Å². The zero-order valence-corrected chi connectivity index (χ0v) is 12.1. The molecule has 3 rings (SSSR count). The minimum atomic E-state index is -0.224. The number of hydrogen-bond acceptors (Lipinski definition) is 5. The van der Waals surface area contributed by atoms with Gasteiger partial charge in [0.15, 0.2) is 0 Å². The molecule has 0 aromatic carbocycles. The van der Waals surface area contributed by atoms with Crippen molar-refractivity contribution in [2.24, 2.45) is 0 Å². The molecule has 3 heterocycles. The molecule has 1 fully saturated rings. The highest BCUT2D eigenvalue weighted by atomic mass is 16.5. The Morgan fingerprint density at radius 1 is 1.50 bits per heavy atom. The third-order valence-electron chi connectivity index (χ3n) is 3.80. The number of hydrogen-bond donors (Lipinski definition) is 1. The fourth-order valence-electron chi connectivity index (χ4n) is 2.68. The highest BCUT2D eigenvalue weighted by molar-refractivity contribution is 5.93. The van der Waals surface area contributed by atoms with Gasteiger partial charge in [0.2, 0.25) is 0 Å². The van der Waals surface area contributed by atoms with Gasteiger partial charge in [-0.25, -0.2) is 4.98 Å². The van der Waals surface area contributed by atoms with Crippen molar-refractivity contribution >= 4 is 5.91 Å². The predicted molar refractivity (Wildman–Crippen MR) is 76.7 cm³/mol. The summed E-state index contributed by atoms with van der Waals surface area (Å²) in [5.74, 6) is 0.502. The van der Waals surface area contributed by atoms with Crippen LogP contribution in [0.2, 0.25) is 0 Å². The van der Waals surface area contributed by atoms with Crippen LogP contribution in [0.25, 0.3) is 0 Å². The number of likely N-dealkylation sites (tertiary alicyclic amines) is 1. The number of aromatic nitrogens is 3. The molecule has 2 atom stereocenters. The van der Waals surface area contributed by atoms with E-state index >= 15 is 0 Å². The van der Waals surface area contributed by atoms with E-state index in [-0.39, 0.29) is 23.7 Å². The van der Waals surface area contributed by atoms with Crippen molar-refractivity contribution in [3.05, 3.63) is 47.8 Å². The van der Waals surface area contributed by atoms with Crippen LogP contribution in [0.15, 0.2) is 30.7 Å². The molecule has 1 aliphatic rings. The second kappa shape index (κ2) is 5.95. The molecule has 112 valence electrons. The Balaban J connectivity index is 1.90. The van der Waals surface area contributed by atoms with E-state index in [0.29, 0.717) is 18.5 Å². The smallest absolute Gasteiger partial charge is 0.273 e. The predicted octanol–water partition coefficient (Wildman–Crippen LogP) is 1.28. The first kappa shape index (κ1) is 14.2. The van der Waals surface area contributed by atoms with Crippen LogP contribution in [-0.2, 0) is 4.74 Å². The number of aromatic amines is 1. The molecule has 22 heavy (non-hydrogen) atoms. The fraction of sp³-hybridized carbons (Fsp3) is 0.333. The highest BCUT2D eigenvalue weighted by Crippen LogP contribution is 2.32. The van der Waals surface area contributed by atoms with Crippen LogP contribution in [0.5, 0.6) is 0 Å². The second-order valence-corrected chi connectivity index (χ2v) is 5.08. The number of nitrogens with zero attached hydrogens (tertiary/aromatic N) is 4. The van der Waals surface area contributed by atoms with Gasteiger partial charge in [0.25, 0.3) is 5.91 Å². The monoisotopic (exact) mass is 297 g/mol. The maximum absolute atomic E-state index is 12.7. The number of H-pyrrole nitrogens is 1. The lowest BCUT2D eigenvalue weighted by atomic mass is 10.1. The Kier molecular flexibility index (Phi) is 3.85. The molecule has 1 aliphatic heterocycles. The Labute approximate surface area is 127 Å². The Morgan fingerprint density at radius 3 is 3.05 bits per heavy atom. The number of nitriles is 1. The van der Waals surface area contributed by atoms with Crippen LogP contribution < -0.4 is 0 Å². The van der Waals surface area contributed by atoms with Crippen molar-refractivity contribution in [1.29, 1.82) is 5.26 Å². The average molecular weight is 297 g/mol. The van der Waals surface area contributed by atoms with E-state index in [2.05, 4.69) is 15.0 Å². The first-order valence-corrected chi connectivity index (χ1v) is 6.92. The Hall–Kier alpha value is -2.72. The number of imidazole rings is 1. The Morgan fingerprint density at radius 2 is 2.36 bits per heavy atom. The number of pyridine rings is 1. The largest absolute Gasteiger partial charge is 0.380 e. The summed E-state index contributed by atoms with van der Waals surface area (Å²) in [6, 6.07) is 4.91. The molecular formula is C15H15N5O2. The standard InChI is InChI=1S/C15H15N5O2/c1-22-11-7-13(14-18-4-5-19-14)20(9-11)15(21)12-6-10(8-16)2-3-17-12/h2-6,11,13H,7,9H2,1H3,(H,18,19)/t11-,13?/m1/s1. The van der Waals surface area contributed by atoms with Gasteiger partial charge in [-0.1, -0.05) is 0 Å². The maximum atomic E-state index is 12.7. The summed E-state index contributed by atoms with van der Waals surface area (Å²) in [5.41, 5.74) is 0.669. The topological polar surface area (TPSA) is 94.9 Å². The molecular weight excluding hydrogens is 282 g/mol. The van der Waals surface area contributed by atoms with Gasteiger partial charge in [-0.3, -0.25) is 9.78 Å². The maximum Gasteiger partial charge on any atom is 0.273 e. The van der Waals surface area contributed by atoms with Crippen LogP contribution in [0.4, 0.5) is 0 Å². The zero-order chi connectivity index (χ0) is 15.5. The van der Waals surface area contributed by atoms with E-state index < -0.39 is 0 Å². The summed E-state index contributed by atoms with van der Waals surface area (Å²) in [5, 5.41) is 8.95. The molecule has 7 heteroatoms. The van der Waals surface area contributed by atoms with Crippen molar-refractivity contribution in [3.8, 4) is 6.07 Å². The molecule has 1 N–H and O–H groups in total. The van der Waals surface area contributed by atoms with Gasteiger partial charge < -0.3 is 14.6 Å². The number of carbonyl (C=O) groups is 1. The van der Waals surface area contributed by atoms with E-state index in [0.717, 1.165) is 5.82 Å². The van der Waals surface area contributed by atoms with Gasteiger partial charge >= 0.3 is 0 Å². The van der Waals surface area contributed by atoms with Crippen molar-refractivity contribution in [2.45, 2.75) is 18.6 Å². The lowest BCUT2D eigenvalue weighted by Crippen LogP contribution is -2.33. The summed E-state index contributed by atoms with van der Waals surface area (Å²) >= 11 is 0. The van der Waals surface area contributed by atoms with Crippen molar-refractivity contribution in [1.82, 2.24) is 19.9 Å². The molecule has 2 aromatic rings. The van der Waals surface area contributed by atoms with Gasteiger partial charge in [-0.2, -0.15) is 5.26 Å². The highest BCUT2D eigenvalue weighted by Gasteiger charge is 2.38. The van der Waals surface area contributed by atoms with Crippen LogP contribution in [-0.4, -0.2) is 45.5 Å². The van der Waals surface area contributed by atoms with Crippen LogP contribution >= 0.6 is 0 Å². The molecule has 0 radical (unpaired) electrons. The number of amides is 1. The summed E-state index contributed by atoms with van der Waals surface area (Å²) in [4.78, 5) is 25.8. The molecule has 0 spiro atoms. The molecule has 0 aliphatic carbocycles. The van der Waals surface area contributed by atoms with Crippen LogP contribution in [0.1, 0.15) is 34.3 Å². The molecule has 0 saturated carbocycles. The van der Waals surface area contributed by atoms with Crippen LogP contribution in [0.3, 0.4) is 0 Å². The van der Waals surface area contributed by atoms with Gasteiger partial charge in [0.1, 0.15) is 11.5 Å².